The molecule has 8 heteroatoms. The summed E-state index contributed by atoms with van der Waals surface area (Å²) >= 11 is 0. The molecule has 3 aromatic rings. The number of rotatable bonds is 7. The number of carbonyl (C=O) groups is 2. The molecular weight excluding hydrogens is 445 g/mol. The van der Waals surface area contributed by atoms with Crippen molar-refractivity contribution < 1.29 is 27.5 Å². The fourth-order valence-electron chi connectivity index (χ4n) is 3.07. The van der Waals surface area contributed by atoms with Crippen LogP contribution in [0.4, 0.5) is 13.2 Å². The summed E-state index contributed by atoms with van der Waals surface area (Å²) in [6, 6.07) is 17.2. The molecule has 0 atom stereocenters. The standard InChI is InChI=1S/C26H21F3N2O3/c1-18(25(33)34-2)31(17-20-6-11-21(12-7-20)23-5-3-4-16-30-23)24(32)15-10-19-8-13-22(14-9-19)26(27,28)29/h3-16H,1,17H2,2H3/b15-10+. The van der Waals surface area contributed by atoms with E-state index in [1.807, 2.05) is 30.3 Å². The smallest absolute Gasteiger partial charge is 0.416 e. The number of ether oxygens (including phenoxy) is 1. The number of nitrogens with zero attached hydrogens (tertiary/aromatic N) is 2. The molecule has 0 unspecified atom stereocenters. The van der Waals surface area contributed by atoms with E-state index in [2.05, 4.69) is 11.6 Å². The van der Waals surface area contributed by atoms with Crippen molar-refractivity contribution in [2.75, 3.05) is 7.11 Å². The molecule has 34 heavy (non-hydrogen) atoms. The van der Waals surface area contributed by atoms with Crippen LogP contribution < -0.4 is 0 Å². The average Bonchev–Trinajstić information content (AvgIpc) is 2.85. The van der Waals surface area contributed by atoms with Crippen molar-refractivity contribution in [3.05, 3.63) is 108 Å². The second kappa shape index (κ2) is 10.6. The van der Waals surface area contributed by atoms with E-state index in [4.69, 9.17) is 4.74 Å². The number of hydrogen-bond donors (Lipinski definition) is 0. The number of benzene rings is 2. The van der Waals surface area contributed by atoms with Gasteiger partial charge in [0.15, 0.2) is 0 Å². The van der Waals surface area contributed by atoms with Crippen LogP contribution in [-0.2, 0) is 27.0 Å². The Labute approximate surface area is 194 Å². The maximum absolute atomic E-state index is 12.9. The molecule has 0 radical (unpaired) electrons. The Hall–Kier alpha value is -4.20. The van der Waals surface area contributed by atoms with Gasteiger partial charge in [-0.25, -0.2) is 4.79 Å². The fraction of sp³-hybridized carbons (Fsp3) is 0.115. The summed E-state index contributed by atoms with van der Waals surface area (Å²) in [5.74, 6) is -1.36. The molecular formula is C26H21F3N2O3. The van der Waals surface area contributed by atoms with Gasteiger partial charge in [-0.3, -0.25) is 14.7 Å². The lowest BCUT2D eigenvalue weighted by molar-refractivity contribution is -0.141. The van der Waals surface area contributed by atoms with Crippen LogP contribution in [0.5, 0.6) is 0 Å². The van der Waals surface area contributed by atoms with Crippen molar-refractivity contribution in [3.8, 4) is 11.3 Å². The van der Waals surface area contributed by atoms with Gasteiger partial charge >= 0.3 is 12.1 Å². The molecule has 2 aromatic carbocycles. The molecule has 3 rings (SSSR count). The second-order valence-corrected chi connectivity index (χ2v) is 7.23. The molecule has 1 amide bonds. The predicted octanol–water partition coefficient (Wildman–Crippen LogP) is 5.50. The molecule has 0 saturated carbocycles. The molecule has 1 aromatic heterocycles. The number of halogens is 3. The highest BCUT2D eigenvalue weighted by atomic mass is 19.4. The first-order valence-electron chi connectivity index (χ1n) is 10.1. The lowest BCUT2D eigenvalue weighted by atomic mass is 10.1. The normalized spacial score (nSPS) is 11.3. The summed E-state index contributed by atoms with van der Waals surface area (Å²) < 4.78 is 42.9. The average molecular weight is 466 g/mol. The highest BCUT2D eigenvalue weighted by Gasteiger charge is 2.29. The summed E-state index contributed by atoms with van der Waals surface area (Å²) in [5, 5.41) is 0. The zero-order valence-corrected chi connectivity index (χ0v) is 18.3. The molecule has 0 aliphatic carbocycles. The third-order valence-corrected chi connectivity index (χ3v) is 4.92. The van der Waals surface area contributed by atoms with Crippen LogP contribution in [0.15, 0.2) is 91.3 Å². The van der Waals surface area contributed by atoms with Gasteiger partial charge in [0, 0.05) is 17.8 Å². The van der Waals surface area contributed by atoms with E-state index < -0.39 is 23.6 Å². The summed E-state index contributed by atoms with van der Waals surface area (Å²) in [6.07, 6.45) is -0.227. The SMILES string of the molecule is C=C(C(=O)OC)N(Cc1ccc(-c2ccccn2)cc1)C(=O)/C=C/c1ccc(C(F)(F)F)cc1. The summed E-state index contributed by atoms with van der Waals surface area (Å²) in [7, 11) is 1.18. The van der Waals surface area contributed by atoms with E-state index >= 15 is 0 Å². The number of pyridine rings is 1. The van der Waals surface area contributed by atoms with Gasteiger partial charge in [-0.05, 0) is 41.5 Å². The molecule has 0 aliphatic heterocycles. The maximum atomic E-state index is 12.9. The van der Waals surface area contributed by atoms with Gasteiger partial charge in [-0.15, -0.1) is 0 Å². The van der Waals surface area contributed by atoms with Crippen LogP contribution in [0.3, 0.4) is 0 Å². The molecule has 0 saturated heterocycles. The van der Waals surface area contributed by atoms with E-state index in [1.165, 1.54) is 31.4 Å². The minimum Gasteiger partial charge on any atom is -0.464 e. The Morgan fingerprint density at radius 1 is 1.03 bits per heavy atom. The number of alkyl halides is 3. The lowest BCUT2D eigenvalue weighted by Crippen LogP contribution is -2.32. The molecule has 0 aliphatic rings. The number of esters is 1. The zero-order valence-electron chi connectivity index (χ0n) is 18.3. The van der Waals surface area contributed by atoms with Gasteiger partial charge in [0.2, 0.25) is 0 Å². The van der Waals surface area contributed by atoms with Gasteiger partial charge in [0.1, 0.15) is 5.70 Å². The van der Waals surface area contributed by atoms with Crippen LogP contribution in [0.1, 0.15) is 16.7 Å². The third kappa shape index (κ3) is 6.19. The van der Waals surface area contributed by atoms with Gasteiger partial charge in [-0.1, -0.05) is 49.0 Å². The van der Waals surface area contributed by atoms with Gasteiger partial charge in [0.05, 0.1) is 24.9 Å². The molecule has 0 bridgehead atoms. The number of methoxy groups -OCH3 is 1. The first kappa shape index (κ1) is 24.4. The van der Waals surface area contributed by atoms with Gasteiger partial charge in [-0.2, -0.15) is 13.2 Å². The zero-order chi connectivity index (χ0) is 24.7. The molecule has 5 nitrogen and oxygen atoms in total. The highest BCUT2D eigenvalue weighted by molar-refractivity contribution is 5.99. The van der Waals surface area contributed by atoms with Gasteiger partial charge in [0.25, 0.3) is 5.91 Å². The first-order valence-corrected chi connectivity index (χ1v) is 10.1. The maximum Gasteiger partial charge on any atom is 0.416 e. The van der Waals surface area contributed by atoms with Crippen LogP contribution in [0.2, 0.25) is 0 Å². The molecule has 0 spiro atoms. The molecule has 0 fully saturated rings. The third-order valence-electron chi connectivity index (χ3n) is 4.92. The van der Waals surface area contributed by atoms with E-state index in [0.29, 0.717) is 5.56 Å². The molecule has 1 heterocycles. The van der Waals surface area contributed by atoms with Crippen molar-refractivity contribution in [1.29, 1.82) is 0 Å². The second-order valence-electron chi connectivity index (χ2n) is 7.23. The highest BCUT2D eigenvalue weighted by Crippen LogP contribution is 2.29. The number of hydrogen-bond acceptors (Lipinski definition) is 4. The van der Waals surface area contributed by atoms with E-state index in [9.17, 15) is 22.8 Å². The van der Waals surface area contributed by atoms with Crippen LogP contribution >= 0.6 is 0 Å². The Morgan fingerprint density at radius 3 is 2.26 bits per heavy atom. The topological polar surface area (TPSA) is 59.5 Å². The van der Waals surface area contributed by atoms with Crippen molar-refractivity contribution in [2.45, 2.75) is 12.7 Å². The van der Waals surface area contributed by atoms with Crippen molar-refractivity contribution in [2.24, 2.45) is 0 Å². The summed E-state index contributed by atoms with van der Waals surface area (Å²) in [4.78, 5) is 30.3. The van der Waals surface area contributed by atoms with Crippen LogP contribution in [-0.4, -0.2) is 28.9 Å². The first-order chi connectivity index (χ1) is 16.2. The number of amides is 1. The summed E-state index contributed by atoms with van der Waals surface area (Å²) in [5.41, 5.74) is 1.84. The Bertz CT molecular complexity index is 1190. The van der Waals surface area contributed by atoms with Crippen LogP contribution in [0, 0.1) is 0 Å². The Balaban J connectivity index is 1.79. The van der Waals surface area contributed by atoms with Crippen molar-refractivity contribution >= 4 is 18.0 Å². The minimum atomic E-state index is -4.45. The van der Waals surface area contributed by atoms with E-state index in [1.54, 1.807) is 18.3 Å². The number of aromatic nitrogens is 1. The largest absolute Gasteiger partial charge is 0.464 e. The Kier molecular flexibility index (Phi) is 7.63. The van der Waals surface area contributed by atoms with E-state index in [0.717, 1.165) is 33.9 Å². The minimum absolute atomic E-state index is 0.0343. The predicted molar refractivity (Wildman–Crippen MR) is 122 cm³/mol. The van der Waals surface area contributed by atoms with E-state index in [-0.39, 0.29) is 12.2 Å². The molecule has 0 N–H and O–H groups in total. The monoisotopic (exact) mass is 466 g/mol. The Morgan fingerprint density at radius 2 is 1.71 bits per heavy atom. The molecule has 174 valence electrons. The quantitative estimate of drug-likeness (QED) is 0.341. The summed E-state index contributed by atoms with van der Waals surface area (Å²) in [6.45, 7) is 3.70. The fourth-order valence-corrected chi connectivity index (χ4v) is 3.07. The van der Waals surface area contributed by atoms with Crippen molar-refractivity contribution in [3.63, 3.8) is 0 Å². The number of carbonyl (C=O) groups excluding carboxylic acids is 2. The van der Waals surface area contributed by atoms with Gasteiger partial charge < -0.3 is 4.74 Å². The van der Waals surface area contributed by atoms with Crippen LogP contribution in [0.25, 0.3) is 17.3 Å². The lowest BCUT2D eigenvalue weighted by Gasteiger charge is -2.22. The van der Waals surface area contributed by atoms with Crippen molar-refractivity contribution in [1.82, 2.24) is 9.88 Å².